The Balaban J connectivity index is 1.81. The minimum Gasteiger partial charge on any atom is -0.491 e. The van der Waals surface area contributed by atoms with Crippen LogP contribution in [0.15, 0.2) is 47.1 Å². The average molecular weight is 287 g/mol. The fourth-order valence-electron chi connectivity index (χ4n) is 2.22. The molecule has 2 aromatic rings. The highest BCUT2D eigenvalue weighted by atomic mass is 16.5. The van der Waals surface area contributed by atoms with Crippen molar-refractivity contribution in [2.45, 2.75) is 52.3 Å². The molecule has 0 radical (unpaired) electrons. The van der Waals surface area contributed by atoms with E-state index in [1.54, 1.807) is 6.26 Å². The van der Waals surface area contributed by atoms with Gasteiger partial charge in [-0.3, -0.25) is 0 Å². The van der Waals surface area contributed by atoms with E-state index in [0.717, 1.165) is 30.9 Å². The Morgan fingerprint density at radius 3 is 2.62 bits per heavy atom. The molecular weight excluding hydrogens is 262 g/mol. The lowest BCUT2D eigenvalue weighted by molar-refractivity contribution is 0.239. The highest BCUT2D eigenvalue weighted by Crippen LogP contribution is 2.19. The number of benzene rings is 1. The first-order valence-corrected chi connectivity index (χ1v) is 7.65. The zero-order valence-corrected chi connectivity index (χ0v) is 13.1. The van der Waals surface area contributed by atoms with E-state index >= 15 is 0 Å². The Hall–Kier alpha value is -1.74. The minimum absolute atomic E-state index is 0.197. The summed E-state index contributed by atoms with van der Waals surface area (Å²) in [4.78, 5) is 0. The van der Waals surface area contributed by atoms with Crippen molar-refractivity contribution < 1.29 is 9.15 Å². The maximum absolute atomic E-state index is 5.84. The van der Waals surface area contributed by atoms with Crippen LogP contribution in [-0.4, -0.2) is 12.1 Å². The number of hydrogen-bond acceptors (Lipinski definition) is 3. The molecular formula is C18H25NO2. The monoisotopic (exact) mass is 287 g/mol. The van der Waals surface area contributed by atoms with Crippen LogP contribution < -0.4 is 10.1 Å². The van der Waals surface area contributed by atoms with Gasteiger partial charge in [0.1, 0.15) is 11.5 Å². The predicted octanol–water partition coefficient (Wildman–Crippen LogP) is 4.18. The molecule has 1 N–H and O–H groups in total. The van der Waals surface area contributed by atoms with Crippen molar-refractivity contribution in [2.24, 2.45) is 0 Å². The standard InChI is InChI=1S/C18H25NO2/c1-14(2)21-18-9-5-4-7-16(18)13-19-15(3)10-11-17-8-6-12-20-17/h4-9,12,14-15,19H,10-11,13H2,1-3H3. The third-order valence-corrected chi connectivity index (χ3v) is 3.38. The van der Waals surface area contributed by atoms with Crippen LogP contribution in [0.3, 0.4) is 0 Å². The van der Waals surface area contributed by atoms with Gasteiger partial charge >= 0.3 is 0 Å². The van der Waals surface area contributed by atoms with E-state index in [4.69, 9.17) is 9.15 Å². The van der Waals surface area contributed by atoms with Gasteiger partial charge in [0.25, 0.3) is 0 Å². The van der Waals surface area contributed by atoms with Crippen LogP contribution in [0.2, 0.25) is 0 Å². The predicted molar refractivity (Wildman–Crippen MR) is 85.5 cm³/mol. The Bertz CT molecular complexity index is 520. The summed E-state index contributed by atoms with van der Waals surface area (Å²) in [5.74, 6) is 2.02. The molecule has 21 heavy (non-hydrogen) atoms. The fourth-order valence-corrected chi connectivity index (χ4v) is 2.22. The lowest BCUT2D eigenvalue weighted by atomic mass is 10.1. The summed E-state index contributed by atoms with van der Waals surface area (Å²) in [7, 11) is 0. The van der Waals surface area contributed by atoms with Gasteiger partial charge < -0.3 is 14.5 Å². The lowest BCUT2D eigenvalue weighted by Gasteiger charge is -2.17. The molecule has 0 fully saturated rings. The second-order valence-corrected chi connectivity index (χ2v) is 5.67. The van der Waals surface area contributed by atoms with E-state index in [-0.39, 0.29) is 6.10 Å². The lowest BCUT2D eigenvalue weighted by Crippen LogP contribution is -2.26. The van der Waals surface area contributed by atoms with Gasteiger partial charge in [-0.2, -0.15) is 0 Å². The SMILES string of the molecule is CC(CCc1ccco1)NCc1ccccc1OC(C)C. The topological polar surface area (TPSA) is 34.4 Å². The zero-order valence-electron chi connectivity index (χ0n) is 13.1. The van der Waals surface area contributed by atoms with Crippen molar-refractivity contribution in [3.8, 4) is 5.75 Å². The van der Waals surface area contributed by atoms with Crippen molar-refractivity contribution in [2.75, 3.05) is 0 Å². The molecule has 3 heteroatoms. The molecule has 0 aliphatic heterocycles. The number of rotatable bonds is 8. The number of aryl methyl sites for hydroxylation is 1. The highest BCUT2D eigenvalue weighted by Gasteiger charge is 2.08. The third kappa shape index (κ3) is 5.27. The second kappa shape index (κ2) is 7.89. The Morgan fingerprint density at radius 2 is 1.90 bits per heavy atom. The quantitative estimate of drug-likeness (QED) is 0.791. The molecule has 0 saturated carbocycles. The summed E-state index contributed by atoms with van der Waals surface area (Å²) >= 11 is 0. The van der Waals surface area contributed by atoms with Crippen molar-refractivity contribution in [1.29, 1.82) is 0 Å². The highest BCUT2D eigenvalue weighted by molar-refractivity contribution is 5.33. The third-order valence-electron chi connectivity index (χ3n) is 3.38. The molecule has 1 aromatic carbocycles. The first-order chi connectivity index (χ1) is 10.1. The van der Waals surface area contributed by atoms with E-state index in [2.05, 4.69) is 38.2 Å². The molecule has 0 aliphatic carbocycles. The van der Waals surface area contributed by atoms with Gasteiger partial charge in [0.05, 0.1) is 12.4 Å². The fraction of sp³-hybridized carbons (Fsp3) is 0.444. The molecule has 3 nitrogen and oxygen atoms in total. The molecule has 1 unspecified atom stereocenters. The van der Waals surface area contributed by atoms with Gasteiger partial charge in [0.15, 0.2) is 0 Å². The summed E-state index contributed by atoms with van der Waals surface area (Å²) in [6, 6.07) is 12.6. The van der Waals surface area contributed by atoms with Crippen molar-refractivity contribution in [3.63, 3.8) is 0 Å². The largest absolute Gasteiger partial charge is 0.491 e. The van der Waals surface area contributed by atoms with Crippen molar-refractivity contribution in [1.82, 2.24) is 5.32 Å². The van der Waals surface area contributed by atoms with E-state index in [1.165, 1.54) is 5.56 Å². The summed E-state index contributed by atoms with van der Waals surface area (Å²) in [6.45, 7) is 7.13. The van der Waals surface area contributed by atoms with E-state index in [1.807, 2.05) is 24.3 Å². The van der Waals surface area contributed by atoms with Crippen molar-refractivity contribution >= 4 is 0 Å². The Labute approximate surface area is 127 Å². The van der Waals surface area contributed by atoms with Crippen molar-refractivity contribution in [3.05, 3.63) is 54.0 Å². The molecule has 0 saturated heterocycles. The Morgan fingerprint density at radius 1 is 1.10 bits per heavy atom. The van der Waals surface area contributed by atoms with Crippen LogP contribution in [0, 0.1) is 0 Å². The molecule has 1 atom stereocenters. The summed E-state index contributed by atoms with van der Waals surface area (Å²) in [5, 5.41) is 3.55. The maximum Gasteiger partial charge on any atom is 0.124 e. The average Bonchev–Trinajstić information content (AvgIpc) is 2.97. The van der Waals surface area contributed by atoms with Crippen LogP contribution in [0.25, 0.3) is 0 Å². The van der Waals surface area contributed by atoms with Gasteiger partial charge in [-0.25, -0.2) is 0 Å². The number of furan rings is 1. The smallest absolute Gasteiger partial charge is 0.124 e. The van der Waals surface area contributed by atoms with Gasteiger partial charge in [0.2, 0.25) is 0 Å². The summed E-state index contributed by atoms with van der Waals surface area (Å²) < 4.78 is 11.2. The summed E-state index contributed by atoms with van der Waals surface area (Å²) in [6.07, 6.45) is 3.95. The number of ether oxygens (including phenoxy) is 1. The van der Waals surface area contributed by atoms with Gasteiger partial charge in [-0.15, -0.1) is 0 Å². The second-order valence-electron chi connectivity index (χ2n) is 5.67. The van der Waals surface area contributed by atoms with Crippen LogP contribution in [0.1, 0.15) is 38.5 Å². The first kappa shape index (κ1) is 15.6. The van der Waals surface area contributed by atoms with E-state index in [0.29, 0.717) is 6.04 Å². The molecule has 0 aliphatic rings. The van der Waals surface area contributed by atoms with Gasteiger partial charge in [-0.1, -0.05) is 18.2 Å². The molecule has 0 bridgehead atoms. The van der Waals surface area contributed by atoms with Crippen LogP contribution in [0.5, 0.6) is 5.75 Å². The summed E-state index contributed by atoms with van der Waals surface area (Å²) in [5.41, 5.74) is 1.20. The van der Waals surface area contributed by atoms with E-state index < -0.39 is 0 Å². The van der Waals surface area contributed by atoms with Gasteiger partial charge in [0, 0.05) is 24.6 Å². The molecule has 0 amide bonds. The Kier molecular flexibility index (Phi) is 5.88. The number of nitrogens with one attached hydrogen (secondary N) is 1. The molecule has 0 spiro atoms. The first-order valence-electron chi connectivity index (χ1n) is 7.65. The number of para-hydroxylation sites is 1. The zero-order chi connectivity index (χ0) is 15.1. The van der Waals surface area contributed by atoms with Crippen LogP contribution >= 0.6 is 0 Å². The molecule has 1 aromatic heterocycles. The minimum atomic E-state index is 0.197. The van der Waals surface area contributed by atoms with Crippen LogP contribution in [-0.2, 0) is 13.0 Å². The van der Waals surface area contributed by atoms with E-state index in [9.17, 15) is 0 Å². The normalized spacial score (nSPS) is 12.6. The van der Waals surface area contributed by atoms with Crippen LogP contribution in [0.4, 0.5) is 0 Å². The molecule has 1 heterocycles. The molecule has 114 valence electrons. The number of hydrogen-bond donors (Lipinski definition) is 1. The maximum atomic E-state index is 5.84. The van der Waals surface area contributed by atoms with Gasteiger partial charge in [-0.05, 0) is 45.4 Å². The molecule has 2 rings (SSSR count).